The summed E-state index contributed by atoms with van der Waals surface area (Å²) in [7, 11) is 0. The minimum atomic E-state index is -1.10. The van der Waals surface area contributed by atoms with E-state index in [1.54, 1.807) is 6.92 Å². The molecule has 0 rings (SSSR count). The van der Waals surface area contributed by atoms with Crippen LogP contribution in [0.1, 0.15) is 39.5 Å². The summed E-state index contributed by atoms with van der Waals surface area (Å²) in [6.07, 6.45) is 2.58. The molecule has 0 atom stereocenters. The molecule has 0 aromatic rings. The highest BCUT2D eigenvalue weighted by atomic mass is 16.5. The fraction of sp³-hybridized carbons (Fsp3) is 0.700. The number of carbonyl (C=O) groups is 1. The van der Waals surface area contributed by atoms with Crippen molar-refractivity contribution >= 4 is 5.91 Å². The Balaban J connectivity index is 0. The van der Waals surface area contributed by atoms with Crippen LogP contribution in [0.15, 0.2) is 12.2 Å². The standard InChI is InChI=1S/C6H14O2.C4H7NO/c1-2-3-4-5-6(7)8;1-3(2)4(5)6/h6-8H,2-5H2,1H3;1H2,2H3,(H2,5,6). The lowest BCUT2D eigenvalue weighted by Gasteiger charge is -1.99. The van der Waals surface area contributed by atoms with Gasteiger partial charge in [-0.25, -0.2) is 0 Å². The first-order valence-corrected chi connectivity index (χ1v) is 4.73. The van der Waals surface area contributed by atoms with E-state index in [0.29, 0.717) is 12.0 Å². The lowest BCUT2D eigenvalue weighted by Crippen LogP contribution is -2.10. The molecule has 0 unspecified atom stereocenters. The summed E-state index contributed by atoms with van der Waals surface area (Å²) in [5.74, 6) is -0.435. The van der Waals surface area contributed by atoms with E-state index in [2.05, 4.69) is 13.5 Å². The molecule has 0 heterocycles. The first-order chi connectivity index (χ1) is 6.41. The van der Waals surface area contributed by atoms with Crippen molar-refractivity contribution in [2.24, 2.45) is 5.73 Å². The third-order valence-electron chi connectivity index (χ3n) is 1.49. The molecule has 0 saturated carbocycles. The van der Waals surface area contributed by atoms with Crippen molar-refractivity contribution in [1.82, 2.24) is 0 Å². The third kappa shape index (κ3) is 17.3. The first-order valence-electron chi connectivity index (χ1n) is 4.73. The summed E-state index contributed by atoms with van der Waals surface area (Å²) in [5, 5.41) is 16.7. The minimum Gasteiger partial charge on any atom is -0.368 e. The van der Waals surface area contributed by atoms with Crippen LogP contribution in [0.3, 0.4) is 0 Å². The lowest BCUT2D eigenvalue weighted by atomic mass is 10.2. The van der Waals surface area contributed by atoms with E-state index in [1.807, 2.05) is 0 Å². The van der Waals surface area contributed by atoms with E-state index in [9.17, 15) is 4.79 Å². The Hall–Kier alpha value is -0.870. The number of aliphatic hydroxyl groups excluding tert-OH is 1. The summed E-state index contributed by atoms with van der Waals surface area (Å²) < 4.78 is 0. The topological polar surface area (TPSA) is 83.6 Å². The van der Waals surface area contributed by atoms with Gasteiger partial charge < -0.3 is 15.9 Å². The Morgan fingerprint density at radius 2 is 1.86 bits per heavy atom. The van der Waals surface area contributed by atoms with Crippen molar-refractivity contribution in [3.63, 3.8) is 0 Å². The molecule has 84 valence electrons. The van der Waals surface area contributed by atoms with Gasteiger partial charge in [0.15, 0.2) is 6.29 Å². The number of hydrogen-bond donors (Lipinski definition) is 3. The van der Waals surface area contributed by atoms with Gasteiger partial charge in [-0.05, 0) is 19.8 Å². The van der Waals surface area contributed by atoms with Crippen LogP contribution >= 0.6 is 0 Å². The van der Waals surface area contributed by atoms with E-state index >= 15 is 0 Å². The lowest BCUT2D eigenvalue weighted by molar-refractivity contribution is -0.114. The number of hydrogen-bond acceptors (Lipinski definition) is 3. The monoisotopic (exact) mass is 203 g/mol. The molecule has 0 bridgehead atoms. The number of amides is 1. The van der Waals surface area contributed by atoms with Crippen LogP contribution in [0.25, 0.3) is 0 Å². The number of nitrogens with two attached hydrogens (primary N) is 1. The molecule has 0 aliphatic heterocycles. The zero-order chi connectivity index (χ0) is 11.6. The van der Waals surface area contributed by atoms with Gasteiger partial charge in [-0.2, -0.15) is 0 Å². The summed E-state index contributed by atoms with van der Waals surface area (Å²) >= 11 is 0. The zero-order valence-electron chi connectivity index (χ0n) is 8.99. The summed E-state index contributed by atoms with van der Waals surface area (Å²) in [6, 6.07) is 0. The third-order valence-corrected chi connectivity index (χ3v) is 1.49. The number of aliphatic hydroxyl groups is 2. The molecule has 0 aromatic heterocycles. The fourth-order valence-corrected chi connectivity index (χ4v) is 0.577. The maximum Gasteiger partial charge on any atom is 0.243 e. The molecule has 1 amide bonds. The number of unbranched alkanes of at least 4 members (excludes halogenated alkanes) is 2. The van der Waals surface area contributed by atoms with Crippen molar-refractivity contribution < 1.29 is 15.0 Å². The summed E-state index contributed by atoms with van der Waals surface area (Å²) in [5.41, 5.74) is 5.09. The summed E-state index contributed by atoms with van der Waals surface area (Å²) in [4.78, 5) is 9.82. The highest BCUT2D eigenvalue weighted by Gasteiger charge is 1.93. The van der Waals surface area contributed by atoms with Gasteiger partial charge in [-0.3, -0.25) is 4.79 Å². The van der Waals surface area contributed by atoms with E-state index in [4.69, 9.17) is 15.9 Å². The average Bonchev–Trinajstić information content (AvgIpc) is 2.05. The van der Waals surface area contributed by atoms with Crippen molar-refractivity contribution in [2.75, 3.05) is 0 Å². The number of primary amides is 1. The van der Waals surface area contributed by atoms with Gasteiger partial charge in [-0.1, -0.05) is 26.3 Å². The smallest absolute Gasteiger partial charge is 0.243 e. The van der Waals surface area contributed by atoms with Crippen molar-refractivity contribution in [2.45, 2.75) is 45.8 Å². The van der Waals surface area contributed by atoms with Crippen molar-refractivity contribution in [1.29, 1.82) is 0 Å². The molecule has 0 saturated heterocycles. The maximum absolute atomic E-state index is 9.82. The first kappa shape index (κ1) is 15.6. The van der Waals surface area contributed by atoms with Crippen LogP contribution in [0, 0.1) is 0 Å². The van der Waals surface area contributed by atoms with E-state index < -0.39 is 12.2 Å². The van der Waals surface area contributed by atoms with Crippen LogP contribution in [0.5, 0.6) is 0 Å². The van der Waals surface area contributed by atoms with E-state index in [0.717, 1.165) is 19.3 Å². The molecule has 0 fully saturated rings. The molecule has 0 aliphatic carbocycles. The molecular formula is C10H21NO3. The molecule has 0 spiro atoms. The van der Waals surface area contributed by atoms with Gasteiger partial charge in [0.2, 0.25) is 5.91 Å². The van der Waals surface area contributed by atoms with Gasteiger partial charge in [-0.15, -0.1) is 0 Å². The normalized spacial score (nSPS) is 9.21. The zero-order valence-corrected chi connectivity index (χ0v) is 8.99. The Kier molecular flexibility index (Phi) is 11.4. The van der Waals surface area contributed by atoms with Crippen LogP contribution in [-0.2, 0) is 4.79 Å². The van der Waals surface area contributed by atoms with Crippen LogP contribution < -0.4 is 5.73 Å². The van der Waals surface area contributed by atoms with Gasteiger partial charge in [0, 0.05) is 5.57 Å². The van der Waals surface area contributed by atoms with Crippen molar-refractivity contribution in [3.05, 3.63) is 12.2 Å². The second-order valence-electron chi connectivity index (χ2n) is 3.12. The molecule has 4 heteroatoms. The summed E-state index contributed by atoms with van der Waals surface area (Å²) in [6.45, 7) is 6.94. The Morgan fingerprint density at radius 1 is 1.43 bits per heavy atom. The van der Waals surface area contributed by atoms with Crippen LogP contribution in [0.2, 0.25) is 0 Å². The molecule has 0 aromatic carbocycles. The molecule has 14 heavy (non-hydrogen) atoms. The second kappa shape index (κ2) is 10.2. The van der Waals surface area contributed by atoms with E-state index in [-0.39, 0.29) is 0 Å². The molecule has 0 aliphatic rings. The van der Waals surface area contributed by atoms with Gasteiger partial charge in [0.25, 0.3) is 0 Å². The highest BCUT2D eigenvalue weighted by molar-refractivity contribution is 5.90. The fourth-order valence-electron chi connectivity index (χ4n) is 0.577. The largest absolute Gasteiger partial charge is 0.368 e. The van der Waals surface area contributed by atoms with Gasteiger partial charge in [0.1, 0.15) is 0 Å². The number of rotatable bonds is 5. The average molecular weight is 203 g/mol. The van der Waals surface area contributed by atoms with Crippen LogP contribution in [0.4, 0.5) is 0 Å². The predicted octanol–water partition coefficient (Wildman–Crippen LogP) is 0.925. The maximum atomic E-state index is 9.82. The van der Waals surface area contributed by atoms with E-state index in [1.165, 1.54) is 0 Å². The van der Waals surface area contributed by atoms with Crippen molar-refractivity contribution in [3.8, 4) is 0 Å². The quantitative estimate of drug-likeness (QED) is 0.353. The Morgan fingerprint density at radius 3 is 2.07 bits per heavy atom. The Labute approximate surface area is 85.4 Å². The molecule has 4 nitrogen and oxygen atoms in total. The van der Waals surface area contributed by atoms with Gasteiger partial charge >= 0.3 is 0 Å². The number of carbonyl (C=O) groups excluding carboxylic acids is 1. The molecule has 4 N–H and O–H groups in total. The van der Waals surface area contributed by atoms with Crippen LogP contribution in [-0.4, -0.2) is 22.4 Å². The highest BCUT2D eigenvalue weighted by Crippen LogP contribution is 1.99. The molecule has 0 radical (unpaired) electrons. The Bertz CT molecular complexity index is 155. The predicted molar refractivity (Wildman–Crippen MR) is 56.4 cm³/mol. The second-order valence-corrected chi connectivity index (χ2v) is 3.12. The molecular weight excluding hydrogens is 182 g/mol. The SMILES string of the molecule is C=C(C)C(N)=O.CCCCCC(O)O. The minimum absolute atomic E-state index is 0.398. The van der Waals surface area contributed by atoms with Gasteiger partial charge in [0.05, 0.1) is 0 Å².